The first kappa shape index (κ1) is 11.6. The first-order chi connectivity index (χ1) is 7.11. The molecule has 1 aliphatic carbocycles. The number of carboxylic acid groups (broad SMARTS) is 1. The van der Waals surface area contributed by atoms with Crippen LogP contribution in [-0.2, 0) is 4.79 Å². The van der Waals surface area contributed by atoms with Crippen LogP contribution in [0, 0.1) is 0 Å². The average molecular weight is 211 g/mol. The van der Waals surface area contributed by atoms with E-state index < -0.39 is 5.97 Å². The molecule has 5 N–H and O–H groups in total. The van der Waals surface area contributed by atoms with Crippen molar-refractivity contribution < 1.29 is 9.90 Å². The van der Waals surface area contributed by atoms with Crippen molar-refractivity contribution in [3.63, 3.8) is 0 Å². The Morgan fingerprint density at radius 3 is 2.60 bits per heavy atom. The summed E-state index contributed by atoms with van der Waals surface area (Å²) in [5, 5.41) is 9.86. The molecular weight excluding hydrogens is 194 g/mol. The number of nitrogens with zero attached hydrogens (tertiary/aromatic N) is 1. The van der Waals surface area contributed by atoms with Crippen LogP contribution in [0.3, 0.4) is 0 Å². The van der Waals surface area contributed by atoms with Gasteiger partial charge in [0.05, 0.1) is 0 Å². The van der Waals surface area contributed by atoms with Crippen molar-refractivity contribution in [2.45, 2.75) is 25.7 Å². The van der Waals surface area contributed by atoms with Crippen LogP contribution in [-0.4, -0.2) is 22.6 Å². The number of hydrazine groups is 1. The van der Waals surface area contributed by atoms with E-state index in [-0.39, 0.29) is 6.54 Å². The maximum Gasteiger partial charge on any atom is 0.324 e. The highest BCUT2D eigenvalue weighted by Crippen LogP contribution is 2.17. The summed E-state index contributed by atoms with van der Waals surface area (Å²) in [5.74, 6) is 4.70. The van der Waals surface area contributed by atoms with E-state index in [0.717, 1.165) is 25.0 Å². The van der Waals surface area contributed by atoms with Gasteiger partial charge in [-0.1, -0.05) is 12.2 Å². The predicted octanol–water partition coefficient (Wildman–Crippen LogP) is 0.547. The molecule has 5 nitrogen and oxygen atoms in total. The zero-order valence-corrected chi connectivity index (χ0v) is 8.65. The molecule has 0 amide bonds. The third-order valence-electron chi connectivity index (χ3n) is 2.32. The number of nitrogens with two attached hydrogens (primary N) is 2. The van der Waals surface area contributed by atoms with E-state index >= 15 is 0 Å². The van der Waals surface area contributed by atoms with Gasteiger partial charge in [-0.25, -0.2) is 5.84 Å². The summed E-state index contributed by atoms with van der Waals surface area (Å²) >= 11 is 0. The fraction of sp³-hybridized carbons (Fsp3) is 0.500. The molecule has 0 saturated heterocycles. The quantitative estimate of drug-likeness (QED) is 0.360. The first-order valence-corrected chi connectivity index (χ1v) is 4.97. The molecule has 0 heterocycles. The van der Waals surface area contributed by atoms with Gasteiger partial charge in [-0.2, -0.15) is 0 Å². The lowest BCUT2D eigenvalue weighted by molar-refractivity contribution is -0.137. The van der Waals surface area contributed by atoms with E-state index in [0.29, 0.717) is 12.1 Å². The average Bonchev–Trinajstić information content (AvgIpc) is 2.10. The van der Waals surface area contributed by atoms with Gasteiger partial charge in [0.1, 0.15) is 6.54 Å². The van der Waals surface area contributed by atoms with Gasteiger partial charge in [0, 0.05) is 11.4 Å². The molecule has 0 radical (unpaired) electrons. The fourth-order valence-electron chi connectivity index (χ4n) is 1.57. The largest absolute Gasteiger partial charge is 0.480 e. The summed E-state index contributed by atoms with van der Waals surface area (Å²) < 4.78 is 0. The van der Waals surface area contributed by atoms with Crippen molar-refractivity contribution in [2.75, 3.05) is 6.54 Å². The van der Waals surface area contributed by atoms with Gasteiger partial charge in [0.2, 0.25) is 0 Å². The second-order valence-electron chi connectivity index (χ2n) is 3.54. The minimum atomic E-state index is -0.949. The molecule has 0 fully saturated rings. The normalized spacial score (nSPS) is 24.1. The van der Waals surface area contributed by atoms with E-state index in [1.54, 1.807) is 0 Å². The number of allylic oxidation sites excluding steroid dienone is 4. The molecule has 0 unspecified atom stereocenters. The van der Waals surface area contributed by atoms with E-state index in [1.165, 1.54) is 5.01 Å². The van der Waals surface area contributed by atoms with Crippen LogP contribution in [0.15, 0.2) is 23.5 Å². The molecule has 0 saturated carbocycles. The van der Waals surface area contributed by atoms with Crippen LogP contribution in [0.1, 0.15) is 25.7 Å². The van der Waals surface area contributed by atoms with Gasteiger partial charge in [-0.15, -0.1) is 0 Å². The molecule has 84 valence electrons. The Labute approximate surface area is 89.0 Å². The lowest BCUT2D eigenvalue weighted by atomic mass is 10.1. The van der Waals surface area contributed by atoms with Gasteiger partial charge in [0.15, 0.2) is 0 Å². The zero-order chi connectivity index (χ0) is 11.3. The number of rotatable bonds is 3. The van der Waals surface area contributed by atoms with Crippen molar-refractivity contribution in [2.24, 2.45) is 11.6 Å². The van der Waals surface area contributed by atoms with Gasteiger partial charge < -0.3 is 15.8 Å². The van der Waals surface area contributed by atoms with Crippen LogP contribution in [0.4, 0.5) is 0 Å². The second kappa shape index (κ2) is 5.41. The Morgan fingerprint density at radius 2 is 2.00 bits per heavy atom. The number of hydrogen-bond acceptors (Lipinski definition) is 4. The summed E-state index contributed by atoms with van der Waals surface area (Å²) in [6, 6.07) is 0. The second-order valence-corrected chi connectivity index (χ2v) is 3.54. The van der Waals surface area contributed by atoms with Gasteiger partial charge >= 0.3 is 5.97 Å². The van der Waals surface area contributed by atoms with Crippen LogP contribution >= 0.6 is 0 Å². The molecule has 5 heteroatoms. The molecular formula is C10H17N3O2. The van der Waals surface area contributed by atoms with Crippen molar-refractivity contribution in [1.82, 2.24) is 5.01 Å². The molecule has 0 atom stereocenters. The standard InChI is InChI=1S/C10H17N3O2/c11-8-5-3-1-2-4-6-9(8)13(12)7-10(14)15/h1-2H,3-7,11-12H2,(H,14,15)/b2-1+,9-8-. The van der Waals surface area contributed by atoms with Crippen LogP contribution in [0.5, 0.6) is 0 Å². The van der Waals surface area contributed by atoms with Gasteiger partial charge in [-0.3, -0.25) is 4.79 Å². The van der Waals surface area contributed by atoms with Crippen LogP contribution in [0.25, 0.3) is 0 Å². The molecule has 0 aromatic rings. The van der Waals surface area contributed by atoms with E-state index in [4.69, 9.17) is 16.7 Å². The van der Waals surface area contributed by atoms with E-state index in [9.17, 15) is 4.79 Å². The number of aliphatic carboxylic acids is 1. The highest BCUT2D eigenvalue weighted by atomic mass is 16.4. The lowest BCUT2D eigenvalue weighted by Gasteiger charge is -2.23. The zero-order valence-electron chi connectivity index (χ0n) is 8.65. The van der Waals surface area contributed by atoms with E-state index in [1.807, 2.05) is 0 Å². The Hall–Kier alpha value is -1.49. The molecule has 0 bridgehead atoms. The lowest BCUT2D eigenvalue weighted by Crippen LogP contribution is -2.37. The van der Waals surface area contributed by atoms with Crippen molar-refractivity contribution in [1.29, 1.82) is 0 Å². The fourth-order valence-corrected chi connectivity index (χ4v) is 1.57. The SMILES string of the molecule is N/C1=C(\N(N)CC(=O)O)CC/C=C/CC1. The smallest absolute Gasteiger partial charge is 0.324 e. The van der Waals surface area contributed by atoms with Crippen molar-refractivity contribution in [3.05, 3.63) is 23.5 Å². The molecule has 0 aliphatic heterocycles. The highest BCUT2D eigenvalue weighted by Gasteiger charge is 2.13. The Morgan fingerprint density at radius 1 is 1.40 bits per heavy atom. The maximum atomic E-state index is 10.5. The molecule has 15 heavy (non-hydrogen) atoms. The molecule has 0 spiro atoms. The Balaban J connectivity index is 2.70. The summed E-state index contributed by atoms with van der Waals surface area (Å²) in [4.78, 5) is 10.5. The molecule has 1 rings (SSSR count). The van der Waals surface area contributed by atoms with Crippen molar-refractivity contribution >= 4 is 5.97 Å². The van der Waals surface area contributed by atoms with Crippen molar-refractivity contribution in [3.8, 4) is 0 Å². The Kier molecular flexibility index (Phi) is 4.17. The molecule has 1 aliphatic rings. The third-order valence-corrected chi connectivity index (χ3v) is 2.32. The highest BCUT2D eigenvalue weighted by molar-refractivity contribution is 5.69. The maximum absolute atomic E-state index is 10.5. The van der Waals surface area contributed by atoms with Crippen LogP contribution in [0.2, 0.25) is 0 Å². The summed E-state index contributed by atoms with van der Waals surface area (Å²) in [6.07, 6.45) is 7.33. The third kappa shape index (κ3) is 3.63. The summed E-state index contributed by atoms with van der Waals surface area (Å²) in [6.45, 7) is -0.209. The monoisotopic (exact) mass is 211 g/mol. The number of carboxylic acids is 1. The summed E-state index contributed by atoms with van der Waals surface area (Å²) in [7, 11) is 0. The molecule has 0 aromatic carbocycles. The van der Waals surface area contributed by atoms with Crippen LogP contribution < -0.4 is 11.6 Å². The number of carbonyl (C=O) groups is 1. The Bertz CT molecular complexity index is 297. The molecule has 0 aromatic heterocycles. The van der Waals surface area contributed by atoms with E-state index in [2.05, 4.69) is 12.2 Å². The number of hydrogen-bond donors (Lipinski definition) is 3. The minimum absolute atomic E-state index is 0.209. The summed E-state index contributed by atoms with van der Waals surface area (Å²) in [5.41, 5.74) is 7.31. The van der Waals surface area contributed by atoms with Gasteiger partial charge in [0.25, 0.3) is 0 Å². The predicted molar refractivity (Wildman–Crippen MR) is 57.4 cm³/mol. The topological polar surface area (TPSA) is 92.6 Å². The minimum Gasteiger partial charge on any atom is -0.480 e. The van der Waals surface area contributed by atoms with Gasteiger partial charge in [-0.05, 0) is 25.7 Å². The first-order valence-electron chi connectivity index (χ1n) is 4.97.